The van der Waals surface area contributed by atoms with Gasteiger partial charge in [-0.15, -0.1) is 0 Å². The summed E-state index contributed by atoms with van der Waals surface area (Å²) < 4.78 is 5.43. The summed E-state index contributed by atoms with van der Waals surface area (Å²) in [4.78, 5) is 23.9. The first kappa shape index (κ1) is 17.0. The molecule has 0 spiro atoms. The Morgan fingerprint density at radius 3 is 2.80 bits per heavy atom. The van der Waals surface area contributed by atoms with Gasteiger partial charge in [0.2, 0.25) is 5.91 Å². The summed E-state index contributed by atoms with van der Waals surface area (Å²) in [5, 5.41) is 6.75. The van der Waals surface area contributed by atoms with E-state index >= 15 is 0 Å². The number of hydrogen-bond donors (Lipinski definition) is 2. The van der Waals surface area contributed by atoms with Crippen LogP contribution in [0.2, 0.25) is 0 Å². The number of para-hydroxylation sites is 2. The SMILES string of the molecule is CN1C(=O)CCOc2ccccc21.NC(=O)c1n[nH]c2c1CCCC2. The molecule has 1 aromatic carbocycles. The summed E-state index contributed by atoms with van der Waals surface area (Å²) >= 11 is 0. The second kappa shape index (κ2) is 7.38. The Morgan fingerprint density at radius 2 is 2.00 bits per heavy atom. The molecule has 2 aliphatic rings. The van der Waals surface area contributed by atoms with Crippen LogP contribution in [0.25, 0.3) is 0 Å². The van der Waals surface area contributed by atoms with Crippen LogP contribution in [0.3, 0.4) is 0 Å². The van der Waals surface area contributed by atoms with Crippen LogP contribution in [0.5, 0.6) is 5.75 Å². The van der Waals surface area contributed by atoms with Crippen LogP contribution in [0.4, 0.5) is 5.69 Å². The highest BCUT2D eigenvalue weighted by Crippen LogP contribution is 2.29. The minimum atomic E-state index is -0.422. The molecule has 0 radical (unpaired) electrons. The summed E-state index contributed by atoms with van der Waals surface area (Å²) in [6, 6.07) is 7.57. The van der Waals surface area contributed by atoms with Crippen molar-refractivity contribution in [3.8, 4) is 5.75 Å². The Hall–Kier alpha value is -2.83. The Morgan fingerprint density at radius 1 is 1.24 bits per heavy atom. The number of anilines is 1. The van der Waals surface area contributed by atoms with Crippen molar-refractivity contribution in [2.45, 2.75) is 32.1 Å². The van der Waals surface area contributed by atoms with Crippen molar-refractivity contribution < 1.29 is 14.3 Å². The molecule has 1 aliphatic carbocycles. The first-order valence-corrected chi connectivity index (χ1v) is 8.42. The van der Waals surface area contributed by atoms with Crippen LogP contribution in [0.15, 0.2) is 24.3 Å². The van der Waals surface area contributed by atoms with E-state index in [-0.39, 0.29) is 5.91 Å². The number of H-pyrrole nitrogens is 1. The third-order valence-corrected chi connectivity index (χ3v) is 4.46. The van der Waals surface area contributed by atoms with E-state index in [0.29, 0.717) is 18.7 Å². The molecule has 2 amide bonds. The van der Waals surface area contributed by atoms with Gasteiger partial charge < -0.3 is 15.4 Å². The molecule has 1 aromatic heterocycles. The van der Waals surface area contributed by atoms with Gasteiger partial charge in [0.1, 0.15) is 5.75 Å². The molecule has 0 bridgehead atoms. The molecule has 132 valence electrons. The number of primary amides is 1. The van der Waals surface area contributed by atoms with Gasteiger partial charge >= 0.3 is 0 Å². The molecule has 2 heterocycles. The van der Waals surface area contributed by atoms with Crippen molar-refractivity contribution in [3.05, 3.63) is 41.2 Å². The molecular formula is C18H22N4O3. The van der Waals surface area contributed by atoms with Gasteiger partial charge in [-0.25, -0.2) is 0 Å². The standard InChI is InChI=1S/C10H11NO2.C8H11N3O/c1-11-8-4-2-3-5-9(8)13-7-6-10(11)12;9-8(12)7-5-3-1-2-4-6(5)10-11-7/h2-5H,6-7H2,1H3;1-4H2,(H2,9,12)(H,10,11). The zero-order chi connectivity index (χ0) is 17.8. The number of fused-ring (bicyclic) bond motifs is 2. The number of nitrogens with one attached hydrogen (secondary N) is 1. The van der Waals surface area contributed by atoms with Crippen molar-refractivity contribution >= 4 is 17.5 Å². The average molecular weight is 342 g/mol. The lowest BCUT2D eigenvalue weighted by atomic mass is 9.96. The number of nitrogens with two attached hydrogens (primary N) is 1. The molecule has 0 saturated carbocycles. The summed E-state index contributed by atoms with van der Waals surface area (Å²) in [5.74, 6) is 0.468. The van der Waals surface area contributed by atoms with E-state index in [9.17, 15) is 9.59 Å². The summed E-state index contributed by atoms with van der Waals surface area (Å²) in [6.07, 6.45) is 4.69. The molecule has 1 aliphatic heterocycles. The number of nitrogens with zero attached hydrogens (tertiary/aromatic N) is 2. The second-order valence-corrected chi connectivity index (χ2v) is 6.12. The number of aromatic nitrogens is 2. The molecule has 25 heavy (non-hydrogen) atoms. The fraction of sp³-hybridized carbons (Fsp3) is 0.389. The van der Waals surface area contributed by atoms with Crippen LogP contribution < -0.4 is 15.4 Å². The number of hydrogen-bond acceptors (Lipinski definition) is 4. The second-order valence-electron chi connectivity index (χ2n) is 6.12. The molecule has 0 atom stereocenters. The van der Waals surface area contributed by atoms with E-state index in [1.807, 2.05) is 24.3 Å². The number of benzene rings is 1. The lowest BCUT2D eigenvalue weighted by Crippen LogP contribution is -2.24. The van der Waals surface area contributed by atoms with Gasteiger partial charge in [0.25, 0.3) is 5.91 Å². The van der Waals surface area contributed by atoms with Crippen LogP contribution in [0, 0.1) is 0 Å². The molecule has 7 heteroatoms. The van der Waals surface area contributed by atoms with Gasteiger partial charge in [-0.2, -0.15) is 5.10 Å². The normalized spacial score (nSPS) is 15.9. The van der Waals surface area contributed by atoms with Gasteiger partial charge in [-0.3, -0.25) is 14.7 Å². The summed E-state index contributed by atoms with van der Waals surface area (Å²) in [5.41, 5.74) is 8.58. The van der Waals surface area contributed by atoms with Crippen molar-refractivity contribution in [1.82, 2.24) is 10.2 Å². The number of rotatable bonds is 1. The number of aromatic amines is 1. The fourth-order valence-electron chi connectivity index (χ4n) is 3.09. The summed E-state index contributed by atoms with van der Waals surface area (Å²) in [7, 11) is 1.77. The van der Waals surface area contributed by atoms with Gasteiger partial charge in [0.15, 0.2) is 5.69 Å². The van der Waals surface area contributed by atoms with E-state index in [2.05, 4.69) is 10.2 Å². The molecule has 3 N–H and O–H groups in total. The smallest absolute Gasteiger partial charge is 0.269 e. The summed E-state index contributed by atoms with van der Waals surface area (Å²) in [6.45, 7) is 0.472. The zero-order valence-corrected chi connectivity index (χ0v) is 14.2. The van der Waals surface area contributed by atoms with Gasteiger partial charge in [0, 0.05) is 18.3 Å². The first-order valence-electron chi connectivity index (χ1n) is 8.42. The minimum Gasteiger partial charge on any atom is -0.491 e. The highest BCUT2D eigenvalue weighted by atomic mass is 16.5. The fourth-order valence-corrected chi connectivity index (χ4v) is 3.09. The maximum atomic E-state index is 11.4. The third kappa shape index (κ3) is 3.65. The highest BCUT2D eigenvalue weighted by Gasteiger charge is 2.19. The number of aryl methyl sites for hydroxylation is 1. The Labute approximate surface area is 146 Å². The molecular weight excluding hydrogens is 320 g/mol. The van der Waals surface area contributed by atoms with Gasteiger partial charge in [-0.05, 0) is 37.8 Å². The van der Waals surface area contributed by atoms with Gasteiger partial charge in [-0.1, -0.05) is 12.1 Å². The number of amides is 2. The third-order valence-electron chi connectivity index (χ3n) is 4.46. The quantitative estimate of drug-likeness (QED) is 0.825. The van der Waals surface area contributed by atoms with Crippen molar-refractivity contribution in [3.63, 3.8) is 0 Å². The van der Waals surface area contributed by atoms with E-state index in [1.165, 1.54) is 6.42 Å². The van der Waals surface area contributed by atoms with E-state index in [0.717, 1.165) is 42.0 Å². The van der Waals surface area contributed by atoms with Crippen LogP contribution in [-0.4, -0.2) is 35.7 Å². The van der Waals surface area contributed by atoms with Crippen LogP contribution >= 0.6 is 0 Å². The van der Waals surface area contributed by atoms with Crippen molar-refractivity contribution in [2.24, 2.45) is 5.73 Å². The number of ether oxygens (including phenoxy) is 1. The largest absolute Gasteiger partial charge is 0.491 e. The molecule has 7 nitrogen and oxygen atoms in total. The zero-order valence-electron chi connectivity index (χ0n) is 14.2. The molecule has 2 aromatic rings. The predicted molar refractivity (Wildman–Crippen MR) is 93.7 cm³/mol. The molecule has 4 rings (SSSR count). The molecule has 0 saturated heterocycles. The lowest BCUT2D eigenvalue weighted by Gasteiger charge is -2.15. The maximum absolute atomic E-state index is 11.4. The first-order chi connectivity index (χ1) is 12.1. The Balaban J connectivity index is 0.000000146. The Kier molecular flexibility index (Phi) is 5.02. The van der Waals surface area contributed by atoms with Gasteiger partial charge in [0.05, 0.1) is 18.7 Å². The predicted octanol–water partition coefficient (Wildman–Crippen LogP) is 1.82. The lowest BCUT2D eigenvalue weighted by molar-refractivity contribution is -0.118. The number of carbonyl (C=O) groups is 2. The van der Waals surface area contributed by atoms with E-state index in [4.69, 9.17) is 10.5 Å². The van der Waals surface area contributed by atoms with Crippen LogP contribution in [0.1, 0.15) is 41.0 Å². The van der Waals surface area contributed by atoms with Crippen molar-refractivity contribution in [1.29, 1.82) is 0 Å². The molecule has 0 fully saturated rings. The molecule has 0 unspecified atom stereocenters. The minimum absolute atomic E-state index is 0.102. The van der Waals surface area contributed by atoms with E-state index < -0.39 is 5.91 Å². The van der Waals surface area contributed by atoms with Crippen LogP contribution in [-0.2, 0) is 17.6 Å². The highest BCUT2D eigenvalue weighted by molar-refractivity contribution is 5.95. The number of carbonyl (C=O) groups excluding carboxylic acids is 2. The van der Waals surface area contributed by atoms with E-state index in [1.54, 1.807) is 11.9 Å². The monoisotopic (exact) mass is 342 g/mol. The average Bonchev–Trinajstić information content (AvgIpc) is 3.00. The maximum Gasteiger partial charge on any atom is 0.269 e. The van der Waals surface area contributed by atoms with Crippen molar-refractivity contribution in [2.75, 3.05) is 18.6 Å². The topological polar surface area (TPSA) is 101 Å². The Bertz CT molecular complexity index is 784.